The molecule has 0 fully saturated rings. The number of carboxylic acids is 1. The summed E-state index contributed by atoms with van der Waals surface area (Å²) in [6.07, 6.45) is 0. The second-order valence-corrected chi connectivity index (χ2v) is 14.0. The lowest BCUT2D eigenvalue weighted by Gasteiger charge is -2.03. The number of nitrogens with two attached hydrogens (primary N) is 1. The molecule has 0 aliphatic heterocycles. The minimum absolute atomic E-state index is 0.0833. The smallest absolute Gasteiger partial charge is 0.352 e. The Morgan fingerprint density at radius 2 is 0.681 bits per heavy atom. The molecule has 3 heterocycles. The molecule has 3 aromatic heterocycles. The number of para-hydroxylation sites is 3. The molecule has 6 aromatic carbocycles. The summed E-state index contributed by atoms with van der Waals surface area (Å²) in [6, 6.07) is 58.3. The maximum absolute atomic E-state index is 12.0. The Hall–Kier alpha value is -7.81. The van der Waals surface area contributed by atoms with E-state index in [1.54, 1.807) is 34.5 Å². The van der Waals surface area contributed by atoms with Gasteiger partial charge in [0.2, 0.25) is 0 Å². The molecule has 13 heteroatoms. The molecule has 13 nitrogen and oxygen atoms in total. The summed E-state index contributed by atoms with van der Waals surface area (Å²) in [5.41, 5.74) is 13.0. The number of methoxy groups -OCH3 is 2. The zero-order chi connectivity index (χ0) is 53.9. The number of H-pyrrole nitrogens is 3. The predicted octanol–water partition coefficient (Wildman–Crippen LogP) is 12.4. The van der Waals surface area contributed by atoms with E-state index < -0.39 is 5.97 Å². The number of carboxylic acid groups (broad SMARTS) is 1. The van der Waals surface area contributed by atoms with E-state index in [4.69, 9.17) is 15.9 Å². The Bertz CT molecular complexity index is 2510. The molecule has 0 bridgehead atoms. The SMILES string of the molecule is CC.CC.CC.CO.COC.COC.NCc1ccccc1.O=C(NCc1ccccc1)c1cc2ccccc2[nH]1.O=C(NCc1ccccc1)c1cc2ccccc2[nH]1.O=C(O)c1cc2ccccc2[nH]1. The van der Waals surface area contributed by atoms with Crippen molar-refractivity contribution in [3.63, 3.8) is 0 Å². The lowest BCUT2D eigenvalue weighted by atomic mass is 10.2. The Morgan fingerprint density at radius 1 is 0.431 bits per heavy atom. The number of amides is 2. The van der Waals surface area contributed by atoms with Crippen LogP contribution < -0.4 is 16.4 Å². The molecule has 0 unspecified atom stereocenters. The van der Waals surface area contributed by atoms with E-state index in [1.807, 2.05) is 217 Å². The maximum atomic E-state index is 12.0. The van der Waals surface area contributed by atoms with Gasteiger partial charge in [-0.2, -0.15) is 0 Å². The summed E-state index contributed by atoms with van der Waals surface area (Å²) in [4.78, 5) is 43.7. The van der Waals surface area contributed by atoms with Crippen molar-refractivity contribution in [1.82, 2.24) is 25.6 Å². The lowest BCUT2D eigenvalue weighted by Crippen LogP contribution is -2.22. The number of carbonyl (C=O) groups excluding carboxylic acids is 2. The Morgan fingerprint density at radius 3 is 0.944 bits per heavy atom. The third-order valence-electron chi connectivity index (χ3n) is 8.98. The van der Waals surface area contributed by atoms with Gasteiger partial charge in [0.15, 0.2) is 0 Å². The van der Waals surface area contributed by atoms with Crippen LogP contribution in [0.5, 0.6) is 0 Å². The van der Waals surface area contributed by atoms with Gasteiger partial charge in [-0.3, -0.25) is 9.59 Å². The molecule has 0 saturated carbocycles. The number of benzene rings is 6. The van der Waals surface area contributed by atoms with Crippen molar-refractivity contribution in [3.8, 4) is 0 Å². The number of aliphatic hydroxyl groups is 1. The molecule has 9 N–H and O–H groups in total. The minimum Gasteiger partial charge on any atom is -0.477 e. The summed E-state index contributed by atoms with van der Waals surface area (Å²) < 4.78 is 8.50. The second kappa shape index (κ2) is 41.0. The van der Waals surface area contributed by atoms with Gasteiger partial charge in [0.05, 0.1) is 0 Å². The molecular formula is C59H78N6O7. The maximum Gasteiger partial charge on any atom is 0.352 e. The quantitative estimate of drug-likeness (QED) is 0.0733. The average molecular weight is 983 g/mol. The van der Waals surface area contributed by atoms with E-state index in [2.05, 4.69) is 35.1 Å². The molecule has 0 radical (unpaired) electrons. The lowest BCUT2D eigenvalue weighted by molar-refractivity contribution is 0.0691. The number of aromatic carboxylic acids is 1. The van der Waals surface area contributed by atoms with E-state index in [-0.39, 0.29) is 17.5 Å². The molecule has 0 aliphatic rings. The van der Waals surface area contributed by atoms with Gasteiger partial charge < -0.3 is 51.0 Å². The van der Waals surface area contributed by atoms with Crippen LogP contribution in [0.3, 0.4) is 0 Å². The number of fused-ring (bicyclic) bond motifs is 3. The van der Waals surface area contributed by atoms with Crippen LogP contribution in [-0.4, -0.2) is 78.5 Å². The summed E-state index contributed by atoms with van der Waals surface area (Å²) in [5.74, 6) is -1.09. The van der Waals surface area contributed by atoms with Crippen LogP contribution in [0, 0.1) is 0 Å². The Labute approximate surface area is 426 Å². The van der Waals surface area contributed by atoms with Crippen LogP contribution in [0.2, 0.25) is 0 Å². The molecule has 0 atom stereocenters. The first-order valence-electron chi connectivity index (χ1n) is 23.8. The average Bonchev–Trinajstić information content (AvgIpc) is 4.22. The molecular weight excluding hydrogens is 905 g/mol. The number of ether oxygens (including phenoxy) is 2. The Kier molecular flexibility index (Phi) is 36.6. The monoisotopic (exact) mass is 983 g/mol. The molecule has 0 saturated heterocycles. The number of aromatic amines is 3. The fraction of sp³-hybridized carbons (Fsp3) is 0.237. The second-order valence-electron chi connectivity index (χ2n) is 14.0. The van der Waals surface area contributed by atoms with E-state index in [9.17, 15) is 14.4 Å². The van der Waals surface area contributed by atoms with Crippen molar-refractivity contribution in [2.75, 3.05) is 35.5 Å². The molecule has 9 rings (SSSR count). The number of nitrogens with one attached hydrogen (secondary N) is 5. The highest BCUT2D eigenvalue weighted by Crippen LogP contribution is 2.16. The first-order valence-corrected chi connectivity index (χ1v) is 23.8. The first kappa shape index (κ1) is 64.2. The fourth-order valence-electron chi connectivity index (χ4n) is 5.94. The number of rotatable bonds is 8. The molecule has 0 spiro atoms. The topological polar surface area (TPSA) is 208 Å². The van der Waals surface area contributed by atoms with E-state index >= 15 is 0 Å². The summed E-state index contributed by atoms with van der Waals surface area (Å²) in [5, 5.41) is 24.5. The van der Waals surface area contributed by atoms with Crippen LogP contribution in [0.4, 0.5) is 0 Å². The third kappa shape index (κ3) is 24.7. The van der Waals surface area contributed by atoms with Crippen LogP contribution in [-0.2, 0) is 29.1 Å². The van der Waals surface area contributed by atoms with Gasteiger partial charge in [0, 0.05) is 87.9 Å². The van der Waals surface area contributed by atoms with Crippen molar-refractivity contribution >= 4 is 50.5 Å². The zero-order valence-corrected chi connectivity index (χ0v) is 44.0. The highest BCUT2D eigenvalue weighted by molar-refractivity contribution is 5.99. The van der Waals surface area contributed by atoms with Crippen LogP contribution in [0.1, 0.15) is 89.7 Å². The zero-order valence-electron chi connectivity index (χ0n) is 44.0. The van der Waals surface area contributed by atoms with Gasteiger partial charge in [-0.05, 0) is 53.1 Å². The van der Waals surface area contributed by atoms with Crippen molar-refractivity contribution in [3.05, 3.63) is 216 Å². The normalized spacial score (nSPS) is 9.12. The summed E-state index contributed by atoms with van der Waals surface area (Å²) >= 11 is 0. The molecule has 72 heavy (non-hydrogen) atoms. The number of aromatic nitrogens is 3. The molecule has 0 aliphatic carbocycles. The highest BCUT2D eigenvalue weighted by atomic mass is 16.5. The molecule has 386 valence electrons. The van der Waals surface area contributed by atoms with Crippen LogP contribution in [0.15, 0.2) is 182 Å². The van der Waals surface area contributed by atoms with E-state index in [0.29, 0.717) is 31.0 Å². The van der Waals surface area contributed by atoms with E-state index in [0.717, 1.165) is 50.9 Å². The number of hydrogen-bond donors (Lipinski definition) is 8. The number of hydrogen-bond acceptors (Lipinski definition) is 7. The van der Waals surface area contributed by atoms with Gasteiger partial charge in [0.25, 0.3) is 11.8 Å². The fourth-order valence-corrected chi connectivity index (χ4v) is 5.94. The Balaban J connectivity index is 0.000000887. The van der Waals surface area contributed by atoms with Gasteiger partial charge in [0.1, 0.15) is 17.1 Å². The summed E-state index contributed by atoms with van der Waals surface area (Å²) in [6.45, 7) is 13.7. The third-order valence-corrected chi connectivity index (χ3v) is 8.98. The van der Waals surface area contributed by atoms with Crippen LogP contribution in [0.25, 0.3) is 32.7 Å². The van der Waals surface area contributed by atoms with Gasteiger partial charge in [-0.15, -0.1) is 0 Å². The van der Waals surface area contributed by atoms with Crippen molar-refractivity contribution in [2.45, 2.75) is 61.2 Å². The van der Waals surface area contributed by atoms with Crippen molar-refractivity contribution in [1.29, 1.82) is 0 Å². The predicted molar refractivity (Wildman–Crippen MR) is 299 cm³/mol. The minimum atomic E-state index is -0.925. The number of carbonyl (C=O) groups is 3. The van der Waals surface area contributed by atoms with Gasteiger partial charge in [-0.25, -0.2) is 4.79 Å². The first-order chi connectivity index (χ1) is 35.2. The van der Waals surface area contributed by atoms with Gasteiger partial charge >= 0.3 is 5.97 Å². The van der Waals surface area contributed by atoms with E-state index in [1.165, 1.54) is 5.56 Å². The molecule has 9 aromatic rings. The standard InChI is InChI=1S/2C16H14N2O.C9H7NO2.C7H9N.2C2H6O.3C2H6.CH4O/c2*19-16(17-11-12-6-2-1-3-7-12)15-10-13-8-4-5-9-14(13)18-15;11-9(12)8-5-6-3-1-2-4-7(6)10-8;8-6-7-4-2-1-3-5-7;2*1-3-2;4*1-2/h2*1-10,18H,11H2,(H,17,19);1-5,10H,(H,11,12);1-5H,6,8H2;2*1-2H3;3*1-2H3;2H,1H3. The van der Waals surface area contributed by atoms with Crippen LogP contribution >= 0.6 is 0 Å². The highest BCUT2D eigenvalue weighted by Gasteiger charge is 2.10. The van der Waals surface area contributed by atoms with Gasteiger partial charge in [-0.1, -0.05) is 187 Å². The van der Waals surface area contributed by atoms with Crippen molar-refractivity contribution in [2.24, 2.45) is 5.73 Å². The number of aliphatic hydroxyl groups excluding tert-OH is 1. The summed E-state index contributed by atoms with van der Waals surface area (Å²) in [7, 11) is 7.50. The van der Waals surface area contributed by atoms with Crippen molar-refractivity contribution < 1.29 is 34.1 Å². The largest absolute Gasteiger partial charge is 0.477 e. The molecule has 2 amide bonds.